The molecule has 0 bridgehead atoms. The molecule has 1 aliphatic rings. The minimum absolute atomic E-state index is 0.0221. The van der Waals surface area contributed by atoms with Crippen LogP contribution in [0.4, 0.5) is 5.82 Å². The van der Waals surface area contributed by atoms with Crippen molar-refractivity contribution in [1.82, 2.24) is 9.38 Å². The van der Waals surface area contributed by atoms with Crippen molar-refractivity contribution < 1.29 is 13.2 Å². The topological polar surface area (TPSA) is 95.5 Å². The standard InChI is InChI=1S/C14H13ClN4O3S/c1-9(20)10-6-11(15)13-12(7-16)17-8-19(13)14(10)18-2-4-23(21,22)5-3-18/h6,8H,2-5H2,1H3. The zero-order chi connectivity index (χ0) is 16.8. The van der Waals surface area contributed by atoms with Gasteiger partial charge in [-0.2, -0.15) is 5.26 Å². The smallest absolute Gasteiger partial charge is 0.167 e. The van der Waals surface area contributed by atoms with E-state index in [1.165, 1.54) is 19.3 Å². The van der Waals surface area contributed by atoms with E-state index in [2.05, 4.69) is 4.98 Å². The third-order valence-corrected chi connectivity index (χ3v) is 5.76. The average Bonchev–Trinajstić information content (AvgIpc) is 2.92. The van der Waals surface area contributed by atoms with Crippen molar-refractivity contribution in [2.24, 2.45) is 0 Å². The fourth-order valence-electron chi connectivity index (χ4n) is 2.71. The van der Waals surface area contributed by atoms with Crippen LogP contribution >= 0.6 is 11.6 Å². The molecule has 3 rings (SSSR count). The molecular formula is C14H13ClN4O3S. The fourth-order valence-corrected chi connectivity index (χ4v) is 4.21. The van der Waals surface area contributed by atoms with Crippen molar-refractivity contribution in [3.8, 4) is 6.07 Å². The van der Waals surface area contributed by atoms with Gasteiger partial charge < -0.3 is 4.90 Å². The van der Waals surface area contributed by atoms with Gasteiger partial charge in [0.05, 0.1) is 22.1 Å². The Bertz CT molecular complexity index is 945. The first-order valence-electron chi connectivity index (χ1n) is 6.90. The van der Waals surface area contributed by atoms with E-state index in [1.54, 1.807) is 4.40 Å². The van der Waals surface area contributed by atoms with Gasteiger partial charge in [0.2, 0.25) is 0 Å². The molecule has 0 amide bonds. The molecule has 0 radical (unpaired) electrons. The molecule has 120 valence electrons. The molecule has 1 saturated heterocycles. The lowest BCUT2D eigenvalue weighted by atomic mass is 10.1. The summed E-state index contributed by atoms with van der Waals surface area (Å²) in [6.45, 7) is 1.97. The summed E-state index contributed by atoms with van der Waals surface area (Å²) in [6, 6.07) is 3.48. The van der Waals surface area contributed by atoms with Crippen LogP contribution in [0.15, 0.2) is 12.4 Å². The summed E-state index contributed by atoms with van der Waals surface area (Å²) in [7, 11) is -3.05. The molecule has 0 N–H and O–H groups in total. The van der Waals surface area contributed by atoms with Gasteiger partial charge in [-0.1, -0.05) is 11.6 Å². The molecule has 2 aromatic heterocycles. The van der Waals surface area contributed by atoms with E-state index in [4.69, 9.17) is 16.9 Å². The summed E-state index contributed by atoms with van der Waals surface area (Å²) in [5, 5.41) is 9.41. The van der Waals surface area contributed by atoms with Gasteiger partial charge >= 0.3 is 0 Å². The fraction of sp³-hybridized carbons (Fsp3) is 0.357. The Kier molecular flexibility index (Phi) is 3.78. The Morgan fingerprint density at radius 3 is 2.61 bits per heavy atom. The van der Waals surface area contributed by atoms with Crippen LogP contribution in [0.1, 0.15) is 23.0 Å². The third kappa shape index (κ3) is 2.66. The number of pyridine rings is 1. The first-order valence-corrected chi connectivity index (χ1v) is 9.10. The number of nitriles is 1. The molecule has 3 heterocycles. The monoisotopic (exact) mass is 352 g/mol. The highest BCUT2D eigenvalue weighted by molar-refractivity contribution is 7.91. The molecule has 7 nitrogen and oxygen atoms in total. The third-order valence-electron chi connectivity index (χ3n) is 3.86. The molecule has 23 heavy (non-hydrogen) atoms. The highest BCUT2D eigenvalue weighted by Crippen LogP contribution is 2.31. The van der Waals surface area contributed by atoms with Crippen LogP contribution < -0.4 is 4.90 Å². The Morgan fingerprint density at radius 2 is 2.04 bits per heavy atom. The lowest BCUT2D eigenvalue weighted by Crippen LogP contribution is -2.41. The van der Waals surface area contributed by atoms with E-state index in [9.17, 15) is 13.2 Å². The van der Waals surface area contributed by atoms with Gasteiger partial charge in [-0.15, -0.1) is 0 Å². The molecule has 0 unspecified atom stereocenters. The molecular weight excluding hydrogens is 340 g/mol. The predicted molar refractivity (Wildman–Crippen MR) is 85.8 cm³/mol. The van der Waals surface area contributed by atoms with Crippen molar-refractivity contribution >= 4 is 38.6 Å². The summed E-state index contributed by atoms with van der Waals surface area (Å²) in [5.74, 6) is 0.382. The van der Waals surface area contributed by atoms with Crippen LogP contribution in [0.5, 0.6) is 0 Å². The maximum Gasteiger partial charge on any atom is 0.167 e. The summed E-state index contributed by atoms with van der Waals surface area (Å²) < 4.78 is 24.9. The largest absolute Gasteiger partial charge is 0.355 e. The number of carbonyl (C=O) groups is 1. The average molecular weight is 353 g/mol. The highest BCUT2D eigenvalue weighted by atomic mass is 35.5. The number of imidazole rings is 1. The van der Waals surface area contributed by atoms with E-state index in [-0.39, 0.29) is 41.1 Å². The molecule has 0 aliphatic carbocycles. The molecule has 0 spiro atoms. The Morgan fingerprint density at radius 1 is 1.39 bits per heavy atom. The highest BCUT2D eigenvalue weighted by Gasteiger charge is 2.27. The van der Waals surface area contributed by atoms with Gasteiger partial charge in [0.25, 0.3) is 0 Å². The van der Waals surface area contributed by atoms with E-state index in [1.807, 2.05) is 11.0 Å². The van der Waals surface area contributed by atoms with Crippen molar-refractivity contribution in [3.05, 3.63) is 28.7 Å². The normalized spacial score (nSPS) is 17.2. The Labute approximate surface area is 138 Å². The number of halogens is 1. The van der Waals surface area contributed by atoms with E-state index in [0.29, 0.717) is 16.9 Å². The first-order chi connectivity index (χ1) is 10.8. The number of nitrogens with zero attached hydrogens (tertiary/aromatic N) is 4. The quantitative estimate of drug-likeness (QED) is 0.756. The van der Waals surface area contributed by atoms with Gasteiger partial charge in [0, 0.05) is 13.1 Å². The van der Waals surface area contributed by atoms with Crippen molar-refractivity contribution in [2.45, 2.75) is 6.92 Å². The summed E-state index contributed by atoms with van der Waals surface area (Å²) in [6.07, 6.45) is 1.44. The van der Waals surface area contributed by atoms with Gasteiger partial charge in [0.1, 0.15) is 23.7 Å². The molecule has 1 aliphatic heterocycles. The number of rotatable bonds is 2. The molecule has 2 aromatic rings. The van der Waals surface area contributed by atoms with E-state index >= 15 is 0 Å². The molecule has 0 atom stereocenters. The van der Waals surface area contributed by atoms with Crippen LogP contribution in [-0.4, -0.2) is 48.2 Å². The maximum atomic E-state index is 12.0. The lowest BCUT2D eigenvalue weighted by Gasteiger charge is -2.30. The van der Waals surface area contributed by atoms with E-state index in [0.717, 1.165) is 0 Å². The second kappa shape index (κ2) is 5.51. The van der Waals surface area contributed by atoms with Crippen LogP contribution in [0.3, 0.4) is 0 Å². The number of aromatic nitrogens is 2. The zero-order valence-electron chi connectivity index (χ0n) is 12.3. The zero-order valence-corrected chi connectivity index (χ0v) is 13.9. The number of sulfone groups is 1. The second-order valence-corrected chi connectivity index (χ2v) is 8.06. The number of ketones is 1. The van der Waals surface area contributed by atoms with Gasteiger partial charge in [-0.3, -0.25) is 9.20 Å². The van der Waals surface area contributed by atoms with Gasteiger partial charge in [0.15, 0.2) is 21.3 Å². The van der Waals surface area contributed by atoms with Crippen molar-refractivity contribution in [3.63, 3.8) is 0 Å². The first kappa shape index (κ1) is 15.8. The Hall–Kier alpha value is -2.11. The lowest BCUT2D eigenvalue weighted by molar-refractivity contribution is 0.101. The van der Waals surface area contributed by atoms with E-state index < -0.39 is 9.84 Å². The van der Waals surface area contributed by atoms with Gasteiger partial charge in [-0.25, -0.2) is 13.4 Å². The van der Waals surface area contributed by atoms with Gasteiger partial charge in [-0.05, 0) is 13.0 Å². The number of carbonyl (C=O) groups excluding carboxylic acids is 1. The Balaban J connectivity index is 2.24. The van der Waals surface area contributed by atoms with Crippen LogP contribution in [0, 0.1) is 11.3 Å². The molecule has 9 heteroatoms. The minimum atomic E-state index is -3.05. The summed E-state index contributed by atoms with van der Waals surface area (Å²) in [4.78, 5) is 17.8. The number of hydrogen-bond acceptors (Lipinski definition) is 6. The summed E-state index contributed by atoms with van der Waals surface area (Å²) >= 11 is 6.21. The van der Waals surface area contributed by atoms with Crippen molar-refractivity contribution in [2.75, 3.05) is 29.5 Å². The van der Waals surface area contributed by atoms with Crippen LogP contribution in [0.2, 0.25) is 5.02 Å². The summed E-state index contributed by atoms with van der Waals surface area (Å²) in [5.41, 5.74) is 0.960. The molecule has 1 fully saturated rings. The van der Waals surface area contributed by atoms with Crippen LogP contribution in [0.25, 0.3) is 5.52 Å². The number of hydrogen-bond donors (Lipinski definition) is 0. The maximum absolute atomic E-state index is 12.0. The molecule has 0 aromatic carbocycles. The van der Waals surface area contributed by atoms with Crippen LogP contribution in [-0.2, 0) is 9.84 Å². The predicted octanol–water partition coefficient (Wildman–Crippen LogP) is 1.30. The second-order valence-electron chi connectivity index (χ2n) is 5.35. The molecule has 0 saturated carbocycles. The number of fused-ring (bicyclic) bond motifs is 1. The number of anilines is 1. The SMILES string of the molecule is CC(=O)c1cc(Cl)c2c(C#N)ncn2c1N1CCS(=O)(=O)CC1. The number of Topliss-reactive ketones (excluding diaryl/α,β-unsaturated/α-hetero) is 1. The minimum Gasteiger partial charge on any atom is -0.355 e. The van der Waals surface area contributed by atoms with Crippen molar-refractivity contribution in [1.29, 1.82) is 5.26 Å².